The molecule has 0 aliphatic rings. The second-order valence-electron chi connectivity index (χ2n) is 4.70. The smallest absolute Gasteiger partial charge is 0.216 e. The lowest BCUT2D eigenvalue weighted by molar-refractivity contribution is 0.601. The van der Waals surface area contributed by atoms with Gasteiger partial charge in [-0.3, -0.25) is 0 Å². The molecule has 9 heteroatoms. The zero-order chi connectivity index (χ0) is 16.3. The number of nitrogens with zero attached hydrogens (tertiary/aromatic N) is 4. The highest BCUT2D eigenvalue weighted by Crippen LogP contribution is 2.27. The van der Waals surface area contributed by atoms with E-state index in [1.807, 2.05) is 13.0 Å². The van der Waals surface area contributed by atoms with Crippen molar-refractivity contribution in [2.24, 2.45) is 0 Å². The number of hydrogen-bond donors (Lipinski definition) is 2. The highest BCUT2D eigenvalue weighted by atomic mass is 32.2. The van der Waals surface area contributed by atoms with Crippen molar-refractivity contribution in [1.82, 2.24) is 20.6 Å². The number of aromatic nitrogens is 4. The van der Waals surface area contributed by atoms with E-state index in [1.54, 1.807) is 19.1 Å². The van der Waals surface area contributed by atoms with Crippen molar-refractivity contribution in [1.29, 1.82) is 5.26 Å². The van der Waals surface area contributed by atoms with Gasteiger partial charge in [0.15, 0.2) is 9.84 Å². The number of hydrogen-bond acceptors (Lipinski definition) is 7. The van der Waals surface area contributed by atoms with Gasteiger partial charge in [0.05, 0.1) is 4.90 Å². The van der Waals surface area contributed by atoms with Gasteiger partial charge in [0.25, 0.3) is 0 Å². The third-order valence-electron chi connectivity index (χ3n) is 3.09. The highest BCUT2D eigenvalue weighted by molar-refractivity contribution is 7.90. The molecule has 114 valence electrons. The SMILES string of the molecule is Cc1ccc(S(C)(=O)=O)c(C)c1NC=C(C#N)c1nn[nH]n1. The first-order chi connectivity index (χ1) is 10.3. The molecule has 2 rings (SSSR count). The molecule has 0 amide bonds. The van der Waals surface area contributed by atoms with Crippen LogP contribution in [0.4, 0.5) is 5.69 Å². The van der Waals surface area contributed by atoms with Gasteiger partial charge in [-0.05, 0) is 36.3 Å². The summed E-state index contributed by atoms with van der Waals surface area (Å²) in [6.07, 6.45) is 2.58. The quantitative estimate of drug-likeness (QED) is 0.811. The summed E-state index contributed by atoms with van der Waals surface area (Å²) in [4.78, 5) is 0.243. The lowest BCUT2D eigenvalue weighted by atomic mass is 10.1. The van der Waals surface area contributed by atoms with E-state index in [1.165, 1.54) is 6.20 Å². The van der Waals surface area contributed by atoms with Gasteiger partial charge in [-0.2, -0.15) is 10.5 Å². The highest BCUT2D eigenvalue weighted by Gasteiger charge is 2.15. The topological polar surface area (TPSA) is 124 Å². The summed E-state index contributed by atoms with van der Waals surface area (Å²) in [5.74, 6) is 0.157. The molecule has 2 aromatic rings. The molecule has 1 aromatic heterocycles. The van der Waals surface area contributed by atoms with Crippen molar-refractivity contribution < 1.29 is 8.42 Å². The molecule has 22 heavy (non-hydrogen) atoms. The van der Waals surface area contributed by atoms with Crippen molar-refractivity contribution in [2.75, 3.05) is 11.6 Å². The van der Waals surface area contributed by atoms with E-state index < -0.39 is 9.84 Å². The number of H-pyrrole nitrogens is 1. The summed E-state index contributed by atoms with van der Waals surface area (Å²) >= 11 is 0. The van der Waals surface area contributed by atoms with Gasteiger partial charge < -0.3 is 5.32 Å². The molecule has 0 fully saturated rings. The van der Waals surface area contributed by atoms with Gasteiger partial charge in [0.2, 0.25) is 5.82 Å². The van der Waals surface area contributed by atoms with Crippen molar-refractivity contribution in [3.63, 3.8) is 0 Å². The molecule has 1 heterocycles. The van der Waals surface area contributed by atoms with E-state index in [9.17, 15) is 8.42 Å². The summed E-state index contributed by atoms with van der Waals surface area (Å²) in [6.45, 7) is 3.55. The van der Waals surface area contributed by atoms with Gasteiger partial charge in [-0.1, -0.05) is 6.07 Å². The minimum Gasteiger partial charge on any atom is -0.360 e. The first-order valence-corrected chi connectivity index (χ1v) is 8.14. The molecule has 0 aliphatic carbocycles. The first-order valence-electron chi connectivity index (χ1n) is 6.25. The molecular formula is C13H14N6O2S. The van der Waals surface area contributed by atoms with Crippen LogP contribution in [0.5, 0.6) is 0 Å². The fourth-order valence-electron chi connectivity index (χ4n) is 2.02. The molecule has 0 atom stereocenters. The molecule has 0 unspecified atom stereocenters. The van der Waals surface area contributed by atoms with E-state index in [2.05, 4.69) is 25.9 Å². The van der Waals surface area contributed by atoms with Crippen molar-refractivity contribution in [3.8, 4) is 6.07 Å². The maximum Gasteiger partial charge on any atom is 0.216 e. The predicted octanol–water partition coefficient (Wildman–Crippen LogP) is 1.20. The van der Waals surface area contributed by atoms with E-state index in [-0.39, 0.29) is 16.3 Å². The number of benzene rings is 1. The Morgan fingerprint density at radius 3 is 2.68 bits per heavy atom. The number of sulfone groups is 1. The summed E-state index contributed by atoms with van der Waals surface area (Å²) in [5.41, 5.74) is 2.24. The first kappa shape index (κ1) is 15.7. The van der Waals surface area contributed by atoms with Gasteiger partial charge in [0.1, 0.15) is 11.6 Å². The van der Waals surface area contributed by atoms with E-state index >= 15 is 0 Å². The molecule has 2 N–H and O–H groups in total. The molecule has 0 spiro atoms. The van der Waals surface area contributed by atoms with Gasteiger partial charge in [0, 0.05) is 18.1 Å². The number of aromatic amines is 1. The van der Waals surface area contributed by atoms with Crippen LogP contribution in [0.1, 0.15) is 17.0 Å². The van der Waals surface area contributed by atoms with E-state index in [0.717, 1.165) is 11.8 Å². The monoisotopic (exact) mass is 318 g/mol. The second kappa shape index (κ2) is 5.95. The van der Waals surface area contributed by atoms with Crippen LogP contribution in [0.25, 0.3) is 5.57 Å². The number of anilines is 1. The Hall–Kier alpha value is -2.73. The Morgan fingerprint density at radius 2 is 2.14 bits per heavy atom. The van der Waals surface area contributed by atoms with Gasteiger partial charge in [-0.15, -0.1) is 10.2 Å². The van der Waals surface area contributed by atoms with Crippen LogP contribution in [0.15, 0.2) is 23.2 Å². The Bertz CT molecular complexity index is 863. The number of allylic oxidation sites excluding steroid dienone is 1. The van der Waals surface area contributed by atoms with E-state index in [4.69, 9.17) is 5.26 Å². The molecule has 0 saturated carbocycles. The third-order valence-corrected chi connectivity index (χ3v) is 4.33. The van der Waals surface area contributed by atoms with Crippen LogP contribution < -0.4 is 5.32 Å². The van der Waals surface area contributed by atoms with Gasteiger partial charge >= 0.3 is 0 Å². The molecule has 0 saturated heterocycles. The maximum atomic E-state index is 11.8. The molecule has 8 nitrogen and oxygen atoms in total. The number of nitrogens with one attached hydrogen (secondary N) is 2. The number of tetrazole rings is 1. The van der Waals surface area contributed by atoms with Gasteiger partial charge in [-0.25, -0.2) is 8.42 Å². The standard InChI is InChI=1S/C13H14N6O2S/c1-8-4-5-11(22(3,20)21)9(2)12(8)15-7-10(6-14)13-16-18-19-17-13/h4-5,7,15H,1-3H3,(H,16,17,18,19). The Labute approximate surface area is 127 Å². The molecule has 0 aliphatic heterocycles. The van der Waals surface area contributed by atoms with Crippen molar-refractivity contribution in [3.05, 3.63) is 35.3 Å². The Morgan fingerprint density at radius 1 is 1.41 bits per heavy atom. The van der Waals surface area contributed by atoms with Crippen LogP contribution in [0.3, 0.4) is 0 Å². The second-order valence-corrected chi connectivity index (χ2v) is 6.69. The summed E-state index contributed by atoms with van der Waals surface area (Å²) in [6, 6.07) is 5.23. The lowest BCUT2D eigenvalue weighted by Crippen LogP contribution is -2.04. The molecule has 0 radical (unpaired) electrons. The number of rotatable bonds is 4. The summed E-state index contributed by atoms with van der Waals surface area (Å²) < 4.78 is 23.5. The van der Waals surface area contributed by atoms with Crippen LogP contribution in [-0.2, 0) is 9.84 Å². The zero-order valence-electron chi connectivity index (χ0n) is 12.2. The zero-order valence-corrected chi connectivity index (χ0v) is 13.1. The third kappa shape index (κ3) is 3.12. The minimum atomic E-state index is -3.33. The van der Waals surface area contributed by atoms with Crippen molar-refractivity contribution in [2.45, 2.75) is 18.7 Å². The summed E-state index contributed by atoms with van der Waals surface area (Å²) in [7, 11) is -3.33. The number of aryl methyl sites for hydroxylation is 1. The largest absolute Gasteiger partial charge is 0.360 e. The molecular weight excluding hydrogens is 304 g/mol. The lowest BCUT2D eigenvalue weighted by Gasteiger charge is -2.13. The average molecular weight is 318 g/mol. The number of nitriles is 1. The van der Waals surface area contributed by atoms with E-state index in [0.29, 0.717) is 11.3 Å². The van der Waals surface area contributed by atoms with Crippen LogP contribution >= 0.6 is 0 Å². The molecule has 0 bridgehead atoms. The van der Waals surface area contributed by atoms with Crippen molar-refractivity contribution >= 4 is 21.1 Å². The fourth-order valence-corrected chi connectivity index (χ4v) is 2.99. The average Bonchev–Trinajstić information content (AvgIpc) is 2.95. The molecule has 1 aromatic carbocycles. The Balaban J connectivity index is 2.44. The Kier molecular flexibility index (Phi) is 4.23. The summed E-state index contributed by atoms with van der Waals surface area (Å²) in [5, 5.41) is 25.2. The fraction of sp³-hybridized carbons (Fsp3) is 0.231. The normalized spacial score (nSPS) is 12.0. The predicted molar refractivity (Wildman–Crippen MR) is 80.4 cm³/mol. The maximum absolute atomic E-state index is 11.8. The van der Waals surface area contributed by atoms with Crippen LogP contribution in [0.2, 0.25) is 0 Å². The minimum absolute atomic E-state index is 0.157. The van der Waals surface area contributed by atoms with Crippen LogP contribution in [-0.4, -0.2) is 35.3 Å². The van der Waals surface area contributed by atoms with Crippen LogP contribution in [0, 0.1) is 25.2 Å².